The van der Waals surface area contributed by atoms with Crippen LogP contribution in [0.4, 0.5) is 4.79 Å². The van der Waals surface area contributed by atoms with Crippen LogP contribution in [0.15, 0.2) is 36.5 Å². The summed E-state index contributed by atoms with van der Waals surface area (Å²) in [7, 11) is 1.85. The highest BCUT2D eigenvalue weighted by atomic mass is 35.5. The second-order valence-corrected chi connectivity index (χ2v) is 7.13. The molecule has 1 aliphatic rings. The maximum atomic E-state index is 12.4. The summed E-state index contributed by atoms with van der Waals surface area (Å²) >= 11 is 6.11. The Labute approximate surface area is 167 Å². The topological polar surface area (TPSA) is 69.5 Å². The molecule has 2 aromatic heterocycles. The Morgan fingerprint density at radius 1 is 1.21 bits per heavy atom. The molecular weight excluding hydrogens is 380 g/mol. The van der Waals surface area contributed by atoms with E-state index in [2.05, 4.69) is 10.1 Å². The van der Waals surface area contributed by atoms with Gasteiger partial charge in [0, 0.05) is 31.7 Å². The largest absolute Gasteiger partial charge is 0.483 e. The number of carbonyl (C=O) groups excluding carboxylic acids is 1. The van der Waals surface area contributed by atoms with Gasteiger partial charge in [-0.1, -0.05) is 17.7 Å². The average Bonchev–Trinajstić information content (AvgIpc) is 3.01. The first-order chi connectivity index (χ1) is 13.6. The molecule has 3 aromatic rings. The SMILES string of the molecule is Cn1nc(Cl)c2ccc(COc3cccnc3OC(=O)N3CCCCC3)cc21. The summed E-state index contributed by atoms with van der Waals surface area (Å²) in [5.41, 5.74) is 1.87. The van der Waals surface area contributed by atoms with Crippen molar-refractivity contribution in [3.63, 3.8) is 0 Å². The maximum absolute atomic E-state index is 12.4. The zero-order valence-electron chi connectivity index (χ0n) is 15.6. The molecule has 8 heteroatoms. The van der Waals surface area contributed by atoms with Crippen molar-refractivity contribution in [2.45, 2.75) is 25.9 Å². The van der Waals surface area contributed by atoms with Crippen molar-refractivity contribution in [2.24, 2.45) is 7.05 Å². The number of amides is 1. The second-order valence-electron chi connectivity index (χ2n) is 6.78. The molecule has 7 nitrogen and oxygen atoms in total. The van der Waals surface area contributed by atoms with Crippen LogP contribution in [0.25, 0.3) is 10.9 Å². The third-order valence-electron chi connectivity index (χ3n) is 4.80. The van der Waals surface area contributed by atoms with E-state index in [9.17, 15) is 4.79 Å². The molecule has 4 rings (SSSR count). The highest BCUT2D eigenvalue weighted by molar-refractivity contribution is 6.34. The van der Waals surface area contributed by atoms with E-state index >= 15 is 0 Å². The second kappa shape index (κ2) is 8.06. The number of aromatic nitrogens is 3. The highest BCUT2D eigenvalue weighted by Gasteiger charge is 2.20. The summed E-state index contributed by atoms with van der Waals surface area (Å²) in [5, 5.41) is 5.58. The lowest BCUT2D eigenvalue weighted by Gasteiger charge is -2.25. The number of fused-ring (bicyclic) bond motifs is 1. The Morgan fingerprint density at radius 2 is 2.04 bits per heavy atom. The minimum Gasteiger partial charge on any atom is -0.483 e. The van der Waals surface area contributed by atoms with Gasteiger partial charge in [0.1, 0.15) is 6.61 Å². The molecule has 0 N–H and O–H groups in total. The number of ether oxygens (including phenoxy) is 2. The molecule has 0 saturated carbocycles. The predicted molar refractivity (Wildman–Crippen MR) is 106 cm³/mol. The van der Waals surface area contributed by atoms with Gasteiger partial charge in [-0.25, -0.2) is 9.78 Å². The van der Waals surface area contributed by atoms with E-state index in [1.807, 2.05) is 25.2 Å². The van der Waals surface area contributed by atoms with E-state index in [1.165, 1.54) is 0 Å². The van der Waals surface area contributed by atoms with Crippen molar-refractivity contribution >= 4 is 28.6 Å². The maximum Gasteiger partial charge on any atom is 0.416 e. The van der Waals surface area contributed by atoms with Crippen LogP contribution in [0, 0.1) is 0 Å². The molecule has 0 atom stereocenters. The lowest BCUT2D eigenvalue weighted by molar-refractivity contribution is 0.138. The van der Waals surface area contributed by atoms with E-state index in [0.29, 0.717) is 17.5 Å². The van der Waals surface area contributed by atoms with Crippen molar-refractivity contribution < 1.29 is 14.3 Å². The van der Waals surface area contributed by atoms with E-state index in [4.69, 9.17) is 21.1 Å². The van der Waals surface area contributed by atoms with Gasteiger partial charge >= 0.3 is 6.09 Å². The zero-order valence-corrected chi connectivity index (χ0v) is 16.4. The summed E-state index contributed by atoms with van der Waals surface area (Å²) in [5.74, 6) is 0.610. The number of benzene rings is 1. The van der Waals surface area contributed by atoms with E-state index in [1.54, 1.807) is 27.9 Å². The first-order valence-electron chi connectivity index (χ1n) is 9.27. The summed E-state index contributed by atoms with van der Waals surface area (Å²) in [6.45, 7) is 1.74. The van der Waals surface area contributed by atoms with Gasteiger partial charge in [-0.15, -0.1) is 0 Å². The molecule has 0 radical (unpaired) electrons. The smallest absolute Gasteiger partial charge is 0.416 e. The molecule has 0 aliphatic carbocycles. The summed E-state index contributed by atoms with van der Waals surface area (Å²) < 4.78 is 13.1. The van der Waals surface area contributed by atoms with Gasteiger partial charge in [0.15, 0.2) is 10.9 Å². The first kappa shape index (κ1) is 18.6. The van der Waals surface area contributed by atoms with Gasteiger partial charge in [0.25, 0.3) is 5.88 Å². The van der Waals surface area contributed by atoms with Gasteiger partial charge in [-0.2, -0.15) is 5.10 Å². The van der Waals surface area contributed by atoms with Crippen molar-refractivity contribution in [3.8, 4) is 11.6 Å². The molecule has 28 heavy (non-hydrogen) atoms. The van der Waals surface area contributed by atoms with Crippen LogP contribution in [-0.2, 0) is 13.7 Å². The molecule has 1 aromatic carbocycles. The first-order valence-corrected chi connectivity index (χ1v) is 9.65. The summed E-state index contributed by atoms with van der Waals surface area (Å²) in [4.78, 5) is 18.2. The Kier molecular flexibility index (Phi) is 5.34. The van der Waals surface area contributed by atoms with Crippen LogP contribution in [0.1, 0.15) is 24.8 Å². The third-order valence-corrected chi connectivity index (χ3v) is 5.08. The molecule has 3 heterocycles. The van der Waals surface area contributed by atoms with Gasteiger partial charge in [-0.3, -0.25) is 4.68 Å². The van der Waals surface area contributed by atoms with E-state index < -0.39 is 0 Å². The van der Waals surface area contributed by atoms with Gasteiger partial charge < -0.3 is 14.4 Å². The Hall–Kier alpha value is -2.80. The summed E-state index contributed by atoms with van der Waals surface area (Å²) in [6, 6.07) is 9.32. The number of piperidine rings is 1. The average molecular weight is 401 g/mol. The number of pyridine rings is 1. The number of carbonyl (C=O) groups is 1. The summed E-state index contributed by atoms with van der Waals surface area (Å²) in [6.07, 6.45) is 4.35. The monoisotopic (exact) mass is 400 g/mol. The van der Waals surface area contributed by atoms with Gasteiger partial charge in [0.2, 0.25) is 0 Å². The molecule has 0 bridgehead atoms. The van der Waals surface area contributed by atoms with Crippen LogP contribution in [-0.4, -0.2) is 38.8 Å². The molecule has 1 aliphatic heterocycles. The Morgan fingerprint density at radius 3 is 2.86 bits per heavy atom. The standard InChI is InChI=1S/C20H21ClN4O3/c1-24-16-12-14(7-8-15(16)18(21)23-24)13-27-17-6-5-9-22-19(17)28-20(26)25-10-3-2-4-11-25/h5-9,12H,2-4,10-11,13H2,1H3. The number of nitrogens with zero attached hydrogens (tertiary/aromatic N) is 4. The van der Waals surface area contributed by atoms with Crippen LogP contribution >= 0.6 is 11.6 Å². The molecule has 1 saturated heterocycles. The molecule has 0 spiro atoms. The van der Waals surface area contributed by atoms with Gasteiger partial charge in [0.05, 0.1) is 5.52 Å². The molecule has 1 fully saturated rings. The minimum absolute atomic E-state index is 0.183. The van der Waals surface area contributed by atoms with Crippen LogP contribution in [0.3, 0.4) is 0 Å². The normalized spacial score (nSPS) is 14.3. The van der Waals surface area contributed by atoms with Crippen LogP contribution < -0.4 is 9.47 Å². The number of rotatable bonds is 4. The van der Waals surface area contributed by atoms with E-state index in [0.717, 1.165) is 48.8 Å². The van der Waals surface area contributed by atoms with Crippen molar-refractivity contribution in [3.05, 3.63) is 47.2 Å². The van der Waals surface area contributed by atoms with Crippen LogP contribution in [0.2, 0.25) is 5.15 Å². The molecular formula is C20H21ClN4O3. The number of hydrogen-bond donors (Lipinski definition) is 0. The highest BCUT2D eigenvalue weighted by Crippen LogP contribution is 2.27. The zero-order chi connectivity index (χ0) is 19.5. The molecule has 1 amide bonds. The van der Waals surface area contributed by atoms with Gasteiger partial charge in [-0.05, 0) is 49.1 Å². The Bertz CT molecular complexity index is 998. The lowest BCUT2D eigenvalue weighted by Crippen LogP contribution is -2.37. The van der Waals surface area contributed by atoms with Crippen molar-refractivity contribution in [2.75, 3.05) is 13.1 Å². The third kappa shape index (κ3) is 3.89. The number of likely N-dealkylation sites (tertiary alicyclic amines) is 1. The fraction of sp³-hybridized carbons (Fsp3) is 0.350. The lowest BCUT2D eigenvalue weighted by atomic mass is 10.1. The van der Waals surface area contributed by atoms with Crippen molar-refractivity contribution in [1.82, 2.24) is 19.7 Å². The predicted octanol–water partition coefficient (Wildman–Crippen LogP) is 4.19. The minimum atomic E-state index is -0.380. The van der Waals surface area contributed by atoms with E-state index in [-0.39, 0.29) is 12.0 Å². The molecule has 0 unspecified atom stereocenters. The Balaban J connectivity index is 1.46. The number of halogens is 1. The number of hydrogen-bond acceptors (Lipinski definition) is 5. The van der Waals surface area contributed by atoms with Crippen molar-refractivity contribution in [1.29, 1.82) is 0 Å². The fourth-order valence-electron chi connectivity index (χ4n) is 3.30. The quantitative estimate of drug-likeness (QED) is 0.656. The van der Waals surface area contributed by atoms with Crippen LogP contribution in [0.5, 0.6) is 11.6 Å². The number of aryl methyl sites for hydroxylation is 1. The fourth-order valence-corrected chi connectivity index (χ4v) is 3.57. The molecule has 146 valence electrons.